The van der Waals surface area contributed by atoms with Crippen LogP contribution >= 0.6 is 0 Å². The minimum atomic E-state index is 0.213. The summed E-state index contributed by atoms with van der Waals surface area (Å²) in [6.07, 6.45) is 3.20. The van der Waals surface area contributed by atoms with E-state index in [2.05, 4.69) is 9.97 Å². The van der Waals surface area contributed by atoms with Crippen molar-refractivity contribution in [3.63, 3.8) is 0 Å². The Kier molecular flexibility index (Phi) is 3.03. The third-order valence-electron chi connectivity index (χ3n) is 2.96. The average Bonchev–Trinajstić information content (AvgIpc) is 2.77. The Bertz CT molecular complexity index is 393. The SMILES string of the molecule is CCC(=O)N1CC[C@@H](c2ccnc(N)n2)C1. The molecular formula is C11H16N4O. The van der Waals surface area contributed by atoms with E-state index < -0.39 is 0 Å². The number of anilines is 1. The van der Waals surface area contributed by atoms with E-state index in [0.717, 1.165) is 25.2 Å². The number of rotatable bonds is 2. The largest absolute Gasteiger partial charge is 0.368 e. The summed E-state index contributed by atoms with van der Waals surface area (Å²) < 4.78 is 0. The van der Waals surface area contributed by atoms with Crippen molar-refractivity contribution in [1.82, 2.24) is 14.9 Å². The van der Waals surface area contributed by atoms with Crippen molar-refractivity contribution in [2.45, 2.75) is 25.7 Å². The van der Waals surface area contributed by atoms with Gasteiger partial charge in [-0.05, 0) is 12.5 Å². The predicted molar refractivity (Wildman–Crippen MR) is 60.7 cm³/mol. The number of carbonyl (C=O) groups is 1. The second-order valence-corrected chi connectivity index (χ2v) is 4.02. The molecule has 0 radical (unpaired) electrons. The van der Waals surface area contributed by atoms with E-state index in [0.29, 0.717) is 18.3 Å². The second kappa shape index (κ2) is 4.47. The van der Waals surface area contributed by atoms with Gasteiger partial charge in [-0.25, -0.2) is 9.97 Å². The van der Waals surface area contributed by atoms with E-state index in [-0.39, 0.29) is 5.91 Å². The Hall–Kier alpha value is -1.65. The molecule has 0 aromatic carbocycles. The molecule has 86 valence electrons. The van der Waals surface area contributed by atoms with Crippen LogP contribution in [-0.2, 0) is 4.79 Å². The number of carbonyl (C=O) groups excluding carboxylic acids is 1. The Morgan fingerprint density at radius 2 is 2.50 bits per heavy atom. The van der Waals surface area contributed by atoms with Gasteiger partial charge in [-0.3, -0.25) is 4.79 Å². The van der Waals surface area contributed by atoms with E-state index in [9.17, 15) is 4.79 Å². The summed E-state index contributed by atoms with van der Waals surface area (Å²) in [6.45, 7) is 3.46. The third-order valence-corrected chi connectivity index (χ3v) is 2.96. The fraction of sp³-hybridized carbons (Fsp3) is 0.545. The normalized spacial score (nSPS) is 20.1. The molecule has 0 unspecified atom stereocenters. The highest BCUT2D eigenvalue weighted by Crippen LogP contribution is 2.26. The summed E-state index contributed by atoms with van der Waals surface area (Å²) in [4.78, 5) is 21.5. The molecule has 5 heteroatoms. The molecule has 16 heavy (non-hydrogen) atoms. The van der Waals surface area contributed by atoms with E-state index in [1.165, 1.54) is 0 Å². The first kappa shape index (κ1) is 10.9. The van der Waals surface area contributed by atoms with Crippen molar-refractivity contribution >= 4 is 11.9 Å². The second-order valence-electron chi connectivity index (χ2n) is 4.02. The smallest absolute Gasteiger partial charge is 0.222 e. The van der Waals surface area contributed by atoms with Crippen molar-refractivity contribution in [2.75, 3.05) is 18.8 Å². The fourth-order valence-corrected chi connectivity index (χ4v) is 2.07. The summed E-state index contributed by atoms with van der Waals surface area (Å²) in [6, 6.07) is 1.88. The van der Waals surface area contributed by atoms with Crippen molar-refractivity contribution in [2.24, 2.45) is 0 Å². The first-order valence-corrected chi connectivity index (χ1v) is 5.57. The first-order valence-electron chi connectivity index (χ1n) is 5.57. The van der Waals surface area contributed by atoms with Crippen LogP contribution in [0.25, 0.3) is 0 Å². The van der Waals surface area contributed by atoms with Crippen LogP contribution in [-0.4, -0.2) is 33.9 Å². The summed E-state index contributed by atoms with van der Waals surface area (Å²) >= 11 is 0. The van der Waals surface area contributed by atoms with Crippen LogP contribution in [0.1, 0.15) is 31.4 Å². The molecule has 1 atom stereocenters. The Balaban J connectivity index is 2.06. The van der Waals surface area contributed by atoms with Gasteiger partial charge in [-0.15, -0.1) is 0 Å². The summed E-state index contributed by atoms with van der Waals surface area (Å²) in [5, 5.41) is 0. The highest BCUT2D eigenvalue weighted by atomic mass is 16.2. The maximum Gasteiger partial charge on any atom is 0.222 e. The molecule has 2 N–H and O–H groups in total. The number of aromatic nitrogens is 2. The lowest BCUT2D eigenvalue weighted by atomic mass is 10.1. The van der Waals surface area contributed by atoms with Gasteiger partial charge in [-0.1, -0.05) is 6.92 Å². The van der Waals surface area contributed by atoms with Crippen LogP contribution in [0, 0.1) is 0 Å². The van der Waals surface area contributed by atoms with E-state index in [1.807, 2.05) is 17.9 Å². The summed E-state index contributed by atoms with van der Waals surface area (Å²) in [7, 11) is 0. The molecule has 0 aliphatic carbocycles. The van der Waals surface area contributed by atoms with Gasteiger partial charge in [0.2, 0.25) is 11.9 Å². The minimum Gasteiger partial charge on any atom is -0.368 e. The zero-order valence-electron chi connectivity index (χ0n) is 9.39. The number of hydrogen-bond acceptors (Lipinski definition) is 4. The Morgan fingerprint density at radius 1 is 1.69 bits per heavy atom. The van der Waals surface area contributed by atoms with Gasteiger partial charge in [0.15, 0.2) is 0 Å². The van der Waals surface area contributed by atoms with Crippen molar-refractivity contribution in [1.29, 1.82) is 0 Å². The monoisotopic (exact) mass is 220 g/mol. The lowest BCUT2D eigenvalue weighted by Crippen LogP contribution is -2.27. The quantitative estimate of drug-likeness (QED) is 0.799. The number of nitrogens with zero attached hydrogens (tertiary/aromatic N) is 3. The van der Waals surface area contributed by atoms with Gasteiger partial charge in [0.1, 0.15) is 0 Å². The van der Waals surface area contributed by atoms with Gasteiger partial charge in [0.25, 0.3) is 0 Å². The lowest BCUT2D eigenvalue weighted by molar-refractivity contribution is -0.129. The topological polar surface area (TPSA) is 72.1 Å². The molecular weight excluding hydrogens is 204 g/mol. The standard InChI is InChI=1S/C11H16N4O/c1-2-10(16)15-6-4-8(7-15)9-3-5-13-11(12)14-9/h3,5,8H,2,4,6-7H2,1H3,(H2,12,13,14)/t8-/m1/s1. The Morgan fingerprint density at radius 3 is 3.19 bits per heavy atom. The van der Waals surface area contributed by atoms with E-state index in [1.54, 1.807) is 6.20 Å². The molecule has 1 aromatic rings. The average molecular weight is 220 g/mol. The highest BCUT2D eigenvalue weighted by Gasteiger charge is 2.27. The molecule has 1 aliphatic rings. The molecule has 1 saturated heterocycles. The van der Waals surface area contributed by atoms with Crippen molar-refractivity contribution in [3.05, 3.63) is 18.0 Å². The molecule has 0 bridgehead atoms. The minimum absolute atomic E-state index is 0.213. The van der Waals surface area contributed by atoms with Crippen molar-refractivity contribution in [3.8, 4) is 0 Å². The Labute approximate surface area is 94.7 Å². The maximum absolute atomic E-state index is 11.5. The molecule has 2 rings (SSSR count). The van der Waals surface area contributed by atoms with Crippen LogP contribution in [0.15, 0.2) is 12.3 Å². The predicted octanol–water partition coefficient (Wildman–Crippen LogP) is 0.785. The molecule has 1 aromatic heterocycles. The van der Waals surface area contributed by atoms with Crippen LogP contribution < -0.4 is 5.73 Å². The molecule has 0 saturated carbocycles. The molecule has 5 nitrogen and oxygen atoms in total. The van der Waals surface area contributed by atoms with Gasteiger partial charge in [0, 0.05) is 31.6 Å². The van der Waals surface area contributed by atoms with Crippen LogP contribution in [0.4, 0.5) is 5.95 Å². The number of amides is 1. The molecule has 1 fully saturated rings. The van der Waals surface area contributed by atoms with Crippen LogP contribution in [0.3, 0.4) is 0 Å². The fourth-order valence-electron chi connectivity index (χ4n) is 2.07. The summed E-state index contributed by atoms with van der Waals surface area (Å²) in [5.41, 5.74) is 6.49. The van der Waals surface area contributed by atoms with Crippen LogP contribution in [0.5, 0.6) is 0 Å². The maximum atomic E-state index is 11.5. The number of nitrogen functional groups attached to an aromatic ring is 1. The molecule has 1 amide bonds. The first-order chi connectivity index (χ1) is 7.70. The van der Waals surface area contributed by atoms with Crippen molar-refractivity contribution < 1.29 is 4.79 Å². The molecule has 2 heterocycles. The van der Waals surface area contributed by atoms with Crippen LogP contribution in [0.2, 0.25) is 0 Å². The molecule has 0 spiro atoms. The third kappa shape index (κ3) is 2.13. The number of likely N-dealkylation sites (tertiary alicyclic amines) is 1. The van der Waals surface area contributed by atoms with E-state index >= 15 is 0 Å². The summed E-state index contributed by atoms with van der Waals surface area (Å²) in [5.74, 6) is 0.822. The van der Waals surface area contributed by atoms with E-state index in [4.69, 9.17) is 5.73 Å². The lowest BCUT2D eigenvalue weighted by Gasteiger charge is -2.15. The van der Waals surface area contributed by atoms with Gasteiger partial charge < -0.3 is 10.6 Å². The number of nitrogens with two attached hydrogens (primary N) is 1. The van der Waals surface area contributed by atoms with Gasteiger partial charge >= 0.3 is 0 Å². The highest BCUT2D eigenvalue weighted by molar-refractivity contribution is 5.76. The zero-order valence-corrected chi connectivity index (χ0v) is 9.39. The molecule has 1 aliphatic heterocycles. The zero-order chi connectivity index (χ0) is 11.5. The van der Waals surface area contributed by atoms with Gasteiger partial charge in [0.05, 0.1) is 5.69 Å². The number of hydrogen-bond donors (Lipinski definition) is 1. The van der Waals surface area contributed by atoms with Gasteiger partial charge in [-0.2, -0.15) is 0 Å².